The van der Waals surface area contributed by atoms with Gasteiger partial charge in [-0.05, 0) is 49.2 Å². The number of nitrogens with one attached hydrogen (secondary N) is 1. The molecule has 1 heterocycles. The maximum atomic E-state index is 11.7. The summed E-state index contributed by atoms with van der Waals surface area (Å²) in [5.41, 5.74) is 2.10. The average molecular weight is 396 g/mol. The minimum absolute atomic E-state index is 0.100. The molecule has 0 aliphatic rings. The van der Waals surface area contributed by atoms with Crippen LogP contribution in [0.1, 0.15) is 32.0 Å². The number of carbonyl (C=O) groups is 1. The van der Waals surface area contributed by atoms with E-state index < -0.39 is 0 Å². The molecule has 154 valence electrons. The third-order valence-electron chi connectivity index (χ3n) is 4.74. The molecule has 6 nitrogen and oxygen atoms in total. The fourth-order valence-electron chi connectivity index (χ4n) is 3.28. The van der Waals surface area contributed by atoms with Crippen LogP contribution in [0.3, 0.4) is 0 Å². The lowest BCUT2D eigenvalue weighted by molar-refractivity contribution is -0.121. The molecule has 0 saturated heterocycles. The van der Waals surface area contributed by atoms with E-state index in [1.165, 1.54) is 0 Å². The zero-order valence-electron chi connectivity index (χ0n) is 17.2. The molecule has 0 saturated carbocycles. The van der Waals surface area contributed by atoms with Crippen molar-refractivity contribution in [1.29, 1.82) is 0 Å². The third-order valence-corrected chi connectivity index (χ3v) is 4.74. The second kappa shape index (κ2) is 10.5. The van der Waals surface area contributed by atoms with E-state index in [4.69, 9.17) is 14.5 Å². The summed E-state index contributed by atoms with van der Waals surface area (Å²) in [6.07, 6.45) is 3.00. The van der Waals surface area contributed by atoms with E-state index in [0.717, 1.165) is 47.7 Å². The van der Waals surface area contributed by atoms with Crippen LogP contribution >= 0.6 is 0 Å². The number of aromatic nitrogens is 2. The Bertz CT molecular complexity index is 919. The summed E-state index contributed by atoms with van der Waals surface area (Å²) in [5.74, 6) is 2.74. The standard InChI is InChI=1S/C23H29N3O3/c1-3-7-23(27)24-15-14-22-25-20-8-4-5-9-21(20)26(22)16-6-17-29-19-12-10-18(28-2)11-13-19/h4-5,8-13H,3,6-7,14-17H2,1-2H3,(H,24,27). The van der Waals surface area contributed by atoms with Gasteiger partial charge in [0.25, 0.3) is 0 Å². The number of rotatable bonds is 11. The molecular formula is C23H29N3O3. The van der Waals surface area contributed by atoms with Crippen molar-refractivity contribution < 1.29 is 14.3 Å². The molecule has 0 aliphatic heterocycles. The summed E-state index contributed by atoms with van der Waals surface area (Å²) < 4.78 is 13.2. The molecule has 0 radical (unpaired) electrons. The first-order valence-corrected chi connectivity index (χ1v) is 10.2. The van der Waals surface area contributed by atoms with Gasteiger partial charge < -0.3 is 19.4 Å². The molecule has 6 heteroatoms. The van der Waals surface area contributed by atoms with Crippen LogP contribution in [0.5, 0.6) is 11.5 Å². The Morgan fingerprint density at radius 3 is 2.62 bits per heavy atom. The van der Waals surface area contributed by atoms with Gasteiger partial charge in [0.1, 0.15) is 17.3 Å². The number of hydrogen-bond acceptors (Lipinski definition) is 4. The fourth-order valence-corrected chi connectivity index (χ4v) is 3.28. The summed E-state index contributed by atoms with van der Waals surface area (Å²) in [5, 5.41) is 2.97. The van der Waals surface area contributed by atoms with Crippen LogP contribution in [0.15, 0.2) is 48.5 Å². The molecule has 0 bridgehead atoms. The molecule has 29 heavy (non-hydrogen) atoms. The van der Waals surface area contributed by atoms with Crippen molar-refractivity contribution >= 4 is 16.9 Å². The summed E-state index contributed by atoms with van der Waals surface area (Å²) in [6, 6.07) is 15.8. The van der Waals surface area contributed by atoms with Gasteiger partial charge in [-0.1, -0.05) is 19.1 Å². The van der Waals surface area contributed by atoms with Crippen molar-refractivity contribution in [2.24, 2.45) is 0 Å². The van der Waals surface area contributed by atoms with Crippen LogP contribution < -0.4 is 14.8 Å². The molecule has 0 aliphatic carbocycles. The Morgan fingerprint density at radius 1 is 1.10 bits per heavy atom. The Labute approximate surface area is 171 Å². The predicted octanol–water partition coefficient (Wildman–Crippen LogP) is 3.97. The monoisotopic (exact) mass is 395 g/mol. The van der Waals surface area contributed by atoms with Gasteiger partial charge in [0, 0.05) is 25.9 Å². The molecule has 1 aromatic heterocycles. The maximum Gasteiger partial charge on any atom is 0.219 e. The van der Waals surface area contributed by atoms with Gasteiger partial charge in [-0.15, -0.1) is 0 Å². The molecule has 0 atom stereocenters. The van der Waals surface area contributed by atoms with Crippen molar-refractivity contribution in [3.05, 3.63) is 54.4 Å². The zero-order valence-corrected chi connectivity index (χ0v) is 17.2. The van der Waals surface area contributed by atoms with Crippen molar-refractivity contribution in [3.63, 3.8) is 0 Å². The second-order valence-electron chi connectivity index (χ2n) is 6.90. The lowest BCUT2D eigenvalue weighted by Gasteiger charge is -2.11. The van der Waals surface area contributed by atoms with Crippen molar-refractivity contribution in [2.45, 2.75) is 39.2 Å². The Kier molecular flexibility index (Phi) is 7.50. The average Bonchev–Trinajstić information content (AvgIpc) is 3.09. The lowest BCUT2D eigenvalue weighted by atomic mass is 10.3. The Hall–Kier alpha value is -3.02. The number of imidazole rings is 1. The van der Waals surface area contributed by atoms with E-state index in [1.54, 1.807) is 7.11 Å². The molecule has 0 unspecified atom stereocenters. The minimum Gasteiger partial charge on any atom is -0.497 e. The lowest BCUT2D eigenvalue weighted by Crippen LogP contribution is -2.26. The van der Waals surface area contributed by atoms with Gasteiger partial charge in [0.05, 0.1) is 24.8 Å². The number of amides is 1. The maximum absolute atomic E-state index is 11.7. The van der Waals surface area contributed by atoms with Gasteiger partial charge in [-0.3, -0.25) is 4.79 Å². The zero-order chi connectivity index (χ0) is 20.5. The van der Waals surface area contributed by atoms with Gasteiger partial charge >= 0.3 is 0 Å². The SMILES string of the molecule is CCCC(=O)NCCc1nc2ccccc2n1CCCOc1ccc(OC)cc1. The Morgan fingerprint density at radius 2 is 1.86 bits per heavy atom. The summed E-state index contributed by atoms with van der Waals surface area (Å²) in [7, 11) is 1.65. The number of ether oxygens (including phenoxy) is 2. The highest BCUT2D eigenvalue weighted by Crippen LogP contribution is 2.19. The summed E-state index contributed by atoms with van der Waals surface area (Å²) in [4.78, 5) is 16.5. The first-order chi connectivity index (χ1) is 14.2. The molecule has 2 aromatic carbocycles. The van der Waals surface area contributed by atoms with E-state index in [1.807, 2.05) is 49.4 Å². The van der Waals surface area contributed by atoms with Crippen molar-refractivity contribution in [1.82, 2.24) is 14.9 Å². The molecular weight excluding hydrogens is 366 g/mol. The molecule has 0 fully saturated rings. The van der Waals surface area contributed by atoms with Crippen molar-refractivity contribution in [3.8, 4) is 11.5 Å². The second-order valence-corrected chi connectivity index (χ2v) is 6.90. The van der Waals surface area contributed by atoms with Gasteiger partial charge in [-0.25, -0.2) is 4.98 Å². The van der Waals surface area contributed by atoms with Crippen LogP contribution in [-0.4, -0.2) is 35.7 Å². The highest BCUT2D eigenvalue weighted by molar-refractivity contribution is 5.76. The first kappa shape index (κ1) is 20.7. The molecule has 3 rings (SSSR count). The fraction of sp³-hybridized carbons (Fsp3) is 0.391. The Balaban J connectivity index is 1.58. The van der Waals surface area contributed by atoms with E-state index in [9.17, 15) is 4.79 Å². The number of methoxy groups -OCH3 is 1. The number of carbonyl (C=O) groups excluding carboxylic acids is 1. The van der Waals surface area contributed by atoms with Gasteiger partial charge in [0.15, 0.2) is 0 Å². The quantitative estimate of drug-likeness (QED) is 0.499. The van der Waals surface area contributed by atoms with Gasteiger partial charge in [-0.2, -0.15) is 0 Å². The van der Waals surface area contributed by atoms with Crippen LogP contribution in [0, 0.1) is 0 Å². The van der Waals surface area contributed by atoms with Gasteiger partial charge in [0.2, 0.25) is 5.91 Å². The number of para-hydroxylation sites is 2. The largest absolute Gasteiger partial charge is 0.497 e. The third kappa shape index (κ3) is 5.73. The van der Waals surface area contributed by atoms with Crippen LogP contribution in [0.2, 0.25) is 0 Å². The number of fused-ring (bicyclic) bond motifs is 1. The van der Waals surface area contributed by atoms with Crippen LogP contribution in [0.25, 0.3) is 11.0 Å². The van der Waals surface area contributed by atoms with E-state index in [-0.39, 0.29) is 5.91 Å². The molecule has 1 amide bonds. The number of benzene rings is 2. The topological polar surface area (TPSA) is 65.4 Å². The first-order valence-electron chi connectivity index (χ1n) is 10.2. The highest BCUT2D eigenvalue weighted by Gasteiger charge is 2.10. The van der Waals surface area contributed by atoms with E-state index in [0.29, 0.717) is 26.0 Å². The minimum atomic E-state index is 0.100. The molecule has 0 spiro atoms. The highest BCUT2D eigenvalue weighted by atomic mass is 16.5. The van der Waals surface area contributed by atoms with Crippen LogP contribution in [0.4, 0.5) is 0 Å². The number of aryl methyl sites for hydroxylation is 1. The number of nitrogens with zero attached hydrogens (tertiary/aromatic N) is 2. The van der Waals surface area contributed by atoms with E-state index in [2.05, 4.69) is 16.0 Å². The normalized spacial score (nSPS) is 10.8. The number of hydrogen-bond donors (Lipinski definition) is 1. The molecule has 1 N–H and O–H groups in total. The molecule has 3 aromatic rings. The summed E-state index contributed by atoms with van der Waals surface area (Å²) >= 11 is 0. The van der Waals surface area contributed by atoms with E-state index >= 15 is 0 Å². The predicted molar refractivity (Wildman–Crippen MR) is 114 cm³/mol. The van der Waals surface area contributed by atoms with Crippen LogP contribution in [-0.2, 0) is 17.8 Å². The smallest absolute Gasteiger partial charge is 0.219 e. The van der Waals surface area contributed by atoms with Crippen molar-refractivity contribution in [2.75, 3.05) is 20.3 Å². The summed E-state index contributed by atoms with van der Waals surface area (Å²) in [6.45, 7) is 4.04.